The Bertz CT molecular complexity index is 1970. The first-order chi connectivity index (χ1) is 20.3. The Kier molecular flexibility index (Phi) is 5.46. The summed E-state index contributed by atoms with van der Waals surface area (Å²) in [7, 11) is 0. The van der Waals surface area contributed by atoms with Crippen molar-refractivity contribution in [2.24, 2.45) is 11.3 Å². The van der Waals surface area contributed by atoms with Gasteiger partial charge in [0, 0.05) is 23.5 Å². The second kappa shape index (κ2) is 9.06. The van der Waals surface area contributed by atoms with E-state index in [-0.39, 0.29) is 17.0 Å². The van der Waals surface area contributed by atoms with Gasteiger partial charge >= 0.3 is 0 Å². The van der Waals surface area contributed by atoms with Gasteiger partial charge in [0.1, 0.15) is 35.5 Å². The molecule has 42 heavy (non-hydrogen) atoms. The maximum Gasteiger partial charge on any atom is 0.168 e. The minimum absolute atomic E-state index is 0.0661. The summed E-state index contributed by atoms with van der Waals surface area (Å²) in [4.78, 5) is 13.7. The number of halogens is 1. The third kappa shape index (κ3) is 4.05. The molecule has 2 N–H and O–H groups in total. The van der Waals surface area contributed by atoms with Crippen LogP contribution in [0.3, 0.4) is 0 Å². The fourth-order valence-electron chi connectivity index (χ4n) is 6.32. The van der Waals surface area contributed by atoms with Crippen molar-refractivity contribution >= 4 is 50.6 Å². The Morgan fingerprint density at radius 1 is 1.07 bits per heavy atom. The lowest BCUT2D eigenvalue weighted by atomic mass is 9.50. The predicted molar refractivity (Wildman–Crippen MR) is 162 cm³/mol. The molecule has 5 aromatic heterocycles. The molecule has 1 aromatic carbocycles. The third-order valence-electron chi connectivity index (χ3n) is 8.62. The average Bonchev–Trinajstić information content (AvgIpc) is 3.59. The van der Waals surface area contributed by atoms with E-state index in [1.165, 1.54) is 25.6 Å². The van der Waals surface area contributed by atoms with E-state index < -0.39 is 0 Å². The van der Waals surface area contributed by atoms with Gasteiger partial charge in [0.15, 0.2) is 10.8 Å². The molecule has 1 atom stereocenters. The second-order valence-corrected chi connectivity index (χ2v) is 13.2. The van der Waals surface area contributed by atoms with E-state index >= 15 is 0 Å². The molecule has 12 heteroatoms. The summed E-state index contributed by atoms with van der Waals surface area (Å²) < 4.78 is 3.99. The highest BCUT2D eigenvalue weighted by Gasteiger charge is 2.59. The van der Waals surface area contributed by atoms with Gasteiger partial charge < -0.3 is 10.6 Å². The second-order valence-electron chi connectivity index (χ2n) is 12.9. The molecule has 3 aliphatic rings. The number of benzene rings is 1. The molecular formula is C30H30ClN11. The molecule has 0 saturated heterocycles. The highest BCUT2D eigenvalue weighted by Crippen LogP contribution is 2.62. The van der Waals surface area contributed by atoms with Gasteiger partial charge in [-0.2, -0.15) is 0 Å². The number of hydrogen-bond donors (Lipinski definition) is 2. The molecule has 0 aliphatic heterocycles. The van der Waals surface area contributed by atoms with Crippen molar-refractivity contribution in [1.29, 1.82) is 0 Å². The summed E-state index contributed by atoms with van der Waals surface area (Å²) >= 11 is 6.72. The van der Waals surface area contributed by atoms with Crippen molar-refractivity contribution in [3.05, 3.63) is 71.8 Å². The van der Waals surface area contributed by atoms with Gasteiger partial charge in [-0.15, -0.1) is 15.3 Å². The molecule has 3 fully saturated rings. The summed E-state index contributed by atoms with van der Waals surface area (Å²) in [5.41, 5.74) is 3.42. The topological polar surface area (TPSA) is 124 Å². The Morgan fingerprint density at radius 2 is 1.93 bits per heavy atom. The molecule has 0 radical (unpaired) electrons. The molecule has 6 aromatic rings. The number of hydrogen-bond acceptors (Lipinski definition) is 9. The van der Waals surface area contributed by atoms with Crippen molar-refractivity contribution in [1.82, 2.24) is 44.5 Å². The number of rotatable bonds is 7. The van der Waals surface area contributed by atoms with Crippen molar-refractivity contribution in [2.45, 2.75) is 51.6 Å². The molecule has 11 nitrogen and oxygen atoms in total. The van der Waals surface area contributed by atoms with E-state index in [2.05, 4.69) is 85.9 Å². The van der Waals surface area contributed by atoms with Gasteiger partial charge in [0.2, 0.25) is 0 Å². The SMILES string of the molecule is CC(C)(C)CNc1ncnc2c(Cl)nc(N[C@H](c3cn(C45CC(C4)C5)nn3)c3cccc4c3ccn3cnnc43)cc12. The maximum atomic E-state index is 6.72. The van der Waals surface area contributed by atoms with Crippen LogP contribution in [0.15, 0.2) is 55.4 Å². The number of anilines is 2. The zero-order valence-corrected chi connectivity index (χ0v) is 24.3. The van der Waals surface area contributed by atoms with Crippen LogP contribution in [0.25, 0.3) is 27.3 Å². The molecular weight excluding hydrogens is 550 g/mol. The summed E-state index contributed by atoms with van der Waals surface area (Å²) in [6.07, 6.45) is 10.8. The molecule has 0 unspecified atom stereocenters. The molecule has 2 bridgehead atoms. The predicted octanol–water partition coefficient (Wildman–Crippen LogP) is 5.63. The lowest BCUT2D eigenvalue weighted by molar-refractivity contribution is -0.0989. The Labute approximate surface area is 246 Å². The fourth-order valence-corrected chi connectivity index (χ4v) is 6.56. The molecule has 5 heterocycles. The number of fused-ring (bicyclic) bond motifs is 4. The van der Waals surface area contributed by atoms with Crippen LogP contribution < -0.4 is 10.6 Å². The van der Waals surface area contributed by atoms with Gasteiger partial charge in [0.05, 0.1) is 17.8 Å². The summed E-state index contributed by atoms with van der Waals surface area (Å²) in [6, 6.07) is 9.88. The van der Waals surface area contributed by atoms with Gasteiger partial charge in [0.25, 0.3) is 0 Å². The van der Waals surface area contributed by atoms with E-state index in [1.807, 2.05) is 22.7 Å². The molecule has 3 saturated carbocycles. The summed E-state index contributed by atoms with van der Waals surface area (Å²) in [5.74, 6) is 2.14. The average molecular weight is 580 g/mol. The molecule has 0 amide bonds. The van der Waals surface area contributed by atoms with E-state index in [0.717, 1.165) is 45.5 Å². The van der Waals surface area contributed by atoms with Crippen molar-refractivity contribution in [3.63, 3.8) is 0 Å². The normalized spacial score (nSPS) is 20.4. The van der Waals surface area contributed by atoms with Crippen LogP contribution in [0.4, 0.5) is 11.6 Å². The zero-order valence-electron chi connectivity index (χ0n) is 23.6. The van der Waals surface area contributed by atoms with Gasteiger partial charge in [-0.3, -0.25) is 4.40 Å². The summed E-state index contributed by atoms with van der Waals surface area (Å²) in [6.45, 7) is 7.26. The van der Waals surface area contributed by atoms with Crippen molar-refractivity contribution in [2.75, 3.05) is 17.2 Å². The number of aromatic nitrogens is 9. The smallest absolute Gasteiger partial charge is 0.168 e. The highest BCUT2D eigenvalue weighted by molar-refractivity contribution is 6.34. The number of nitrogens with zero attached hydrogens (tertiary/aromatic N) is 9. The van der Waals surface area contributed by atoms with E-state index in [0.29, 0.717) is 22.3 Å². The molecule has 0 spiro atoms. The molecule has 212 valence electrons. The first-order valence-electron chi connectivity index (χ1n) is 14.2. The van der Waals surface area contributed by atoms with Crippen LogP contribution in [0.1, 0.15) is 57.3 Å². The summed E-state index contributed by atoms with van der Waals surface area (Å²) in [5, 5.41) is 28.0. The fraction of sp³-hybridized carbons (Fsp3) is 0.367. The molecule has 9 rings (SSSR count). The van der Waals surface area contributed by atoms with Crippen LogP contribution in [0, 0.1) is 11.3 Å². The minimum atomic E-state index is -0.364. The van der Waals surface area contributed by atoms with Gasteiger partial charge in [-0.1, -0.05) is 55.8 Å². The lowest BCUT2D eigenvalue weighted by Crippen LogP contribution is -2.59. The largest absolute Gasteiger partial charge is 0.369 e. The minimum Gasteiger partial charge on any atom is -0.369 e. The van der Waals surface area contributed by atoms with E-state index in [1.54, 1.807) is 6.33 Å². The quantitative estimate of drug-likeness (QED) is 0.231. The van der Waals surface area contributed by atoms with Crippen LogP contribution in [-0.4, -0.2) is 51.1 Å². The van der Waals surface area contributed by atoms with Crippen LogP contribution in [0.2, 0.25) is 5.15 Å². The lowest BCUT2D eigenvalue weighted by Gasteiger charge is -2.61. The van der Waals surface area contributed by atoms with Crippen LogP contribution >= 0.6 is 11.6 Å². The van der Waals surface area contributed by atoms with E-state index in [9.17, 15) is 0 Å². The van der Waals surface area contributed by atoms with Crippen LogP contribution in [-0.2, 0) is 5.54 Å². The Morgan fingerprint density at radius 3 is 2.71 bits per heavy atom. The van der Waals surface area contributed by atoms with Crippen LogP contribution in [0.5, 0.6) is 0 Å². The van der Waals surface area contributed by atoms with Crippen molar-refractivity contribution in [3.8, 4) is 0 Å². The maximum absolute atomic E-state index is 6.72. The third-order valence-corrected chi connectivity index (χ3v) is 8.89. The highest BCUT2D eigenvalue weighted by atomic mass is 35.5. The molecule has 3 aliphatic carbocycles. The zero-order chi connectivity index (χ0) is 28.6. The van der Waals surface area contributed by atoms with E-state index in [4.69, 9.17) is 21.7 Å². The monoisotopic (exact) mass is 579 g/mol. The first kappa shape index (κ1) is 25.3. The number of nitrogens with one attached hydrogen (secondary N) is 2. The van der Waals surface area contributed by atoms with Crippen molar-refractivity contribution < 1.29 is 0 Å². The van der Waals surface area contributed by atoms with Gasteiger partial charge in [-0.25, -0.2) is 19.6 Å². The first-order valence-corrected chi connectivity index (χ1v) is 14.6. The standard InChI is InChI=1S/C30H30ClN11/c1-29(2,3)14-32-27-21-9-23(37-26(31)25(21)33-15-34-27)36-24(22-13-42(40-38-22)30-10-17(11-30)12-30)19-5-4-6-20-18(19)7-8-41-16-35-39-28(20)41/h4-9,13,15-17,24H,10-12,14H2,1-3H3,(H,36,37)(H,32,33,34)/t17?,24-,30?/m0/s1. The van der Waals surface area contributed by atoms with Gasteiger partial charge in [-0.05, 0) is 53.7 Å². The Balaban J connectivity index is 1.25. The number of pyridine rings is 2. The Hall–Kier alpha value is -4.38.